The summed E-state index contributed by atoms with van der Waals surface area (Å²) in [6.45, 7) is 1.84. The predicted molar refractivity (Wildman–Crippen MR) is 48.6 cm³/mol. The molecule has 0 aromatic rings. The largest absolute Gasteiger partial charge is 0.462 e. The van der Waals surface area contributed by atoms with E-state index >= 15 is 0 Å². The molecule has 0 aromatic carbocycles. The zero-order chi connectivity index (χ0) is 10.1. The molecule has 0 spiro atoms. The zero-order valence-electron chi connectivity index (χ0n) is 8.05. The molecule has 0 saturated carbocycles. The predicted octanol–water partition coefficient (Wildman–Crippen LogP) is 0.396. The van der Waals surface area contributed by atoms with Gasteiger partial charge in [-0.1, -0.05) is 12.2 Å². The number of carbonyl (C=O) groups excluding carboxylic acids is 1. The Morgan fingerprint density at radius 3 is 3.07 bits per heavy atom. The fourth-order valence-corrected chi connectivity index (χ4v) is 1.64. The summed E-state index contributed by atoms with van der Waals surface area (Å²) in [4.78, 5) is 11.2. The Labute approximate surface area is 82.5 Å². The van der Waals surface area contributed by atoms with Crippen LogP contribution < -0.4 is 0 Å². The second-order valence-electron chi connectivity index (χ2n) is 3.83. The fraction of sp³-hybridized carbons (Fsp3) is 0.700. The Bertz CT molecular complexity index is 261. The Hall–Kier alpha value is -0.870. The lowest BCUT2D eigenvalue weighted by atomic mass is 10.1. The number of hydrogen-bond donors (Lipinski definition) is 1. The van der Waals surface area contributed by atoms with Crippen molar-refractivity contribution < 1.29 is 19.4 Å². The second kappa shape index (κ2) is 3.71. The highest BCUT2D eigenvalue weighted by atomic mass is 16.6. The molecule has 0 aromatic heterocycles. The first-order valence-electron chi connectivity index (χ1n) is 4.86. The van der Waals surface area contributed by atoms with Crippen LogP contribution in [-0.2, 0) is 14.3 Å². The Balaban J connectivity index is 2.02. The summed E-state index contributed by atoms with van der Waals surface area (Å²) in [5.41, 5.74) is 0. The normalized spacial score (nSPS) is 44.9. The number of epoxide rings is 1. The number of esters is 1. The standard InChI is InChI=1S/C10H14O4/c1-6-4-9-8(14-9)3-2-7(11)5-10(12)13-6/h2-3,6-9,11H,4-5H2,1H3/b3-2+/t6-,7-,8-,9+/m1/s1. The van der Waals surface area contributed by atoms with Crippen LogP contribution in [0.5, 0.6) is 0 Å². The van der Waals surface area contributed by atoms with Gasteiger partial charge in [-0.25, -0.2) is 0 Å². The topological polar surface area (TPSA) is 59.1 Å². The molecule has 0 unspecified atom stereocenters. The van der Waals surface area contributed by atoms with Gasteiger partial charge in [0, 0.05) is 6.42 Å². The molecule has 1 saturated heterocycles. The van der Waals surface area contributed by atoms with Crippen LogP contribution in [0.3, 0.4) is 0 Å². The smallest absolute Gasteiger partial charge is 0.309 e. The number of hydrogen-bond acceptors (Lipinski definition) is 4. The first kappa shape index (κ1) is 9.68. The first-order valence-corrected chi connectivity index (χ1v) is 4.86. The van der Waals surface area contributed by atoms with Crippen molar-refractivity contribution in [3.8, 4) is 0 Å². The van der Waals surface area contributed by atoms with Crippen molar-refractivity contribution in [2.75, 3.05) is 0 Å². The summed E-state index contributed by atoms with van der Waals surface area (Å²) in [5, 5.41) is 9.38. The maximum Gasteiger partial charge on any atom is 0.309 e. The van der Waals surface area contributed by atoms with Crippen molar-refractivity contribution in [1.29, 1.82) is 0 Å². The number of fused-ring (bicyclic) bond motifs is 1. The summed E-state index contributed by atoms with van der Waals surface area (Å²) in [6, 6.07) is 0. The van der Waals surface area contributed by atoms with Crippen LogP contribution in [0.4, 0.5) is 0 Å². The van der Waals surface area contributed by atoms with Crippen LogP contribution in [0.15, 0.2) is 12.2 Å². The van der Waals surface area contributed by atoms with Crippen molar-refractivity contribution in [3.05, 3.63) is 12.2 Å². The number of rotatable bonds is 0. The van der Waals surface area contributed by atoms with E-state index in [1.807, 2.05) is 13.0 Å². The SMILES string of the molecule is C[C@@H]1C[C@@H]2O[C@@H]2/C=C/[C@@H](O)CC(=O)O1. The maximum absolute atomic E-state index is 11.2. The minimum Gasteiger partial charge on any atom is -0.462 e. The molecular formula is C10H14O4. The van der Waals surface area contributed by atoms with Crippen LogP contribution >= 0.6 is 0 Å². The molecule has 2 aliphatic heterocycles. The second-order valence-corrected chi connectivity index (χ2v) is 3.83. The van der Waals surface area contributed by atoms with Crippen molar-refractivity contribution >= 4 is 5.97 Å². The summed E-state index contributed by atoms with van der Waals surface area (Å²) in [7, 11) is 0. The lowest BCUT2D eigenvalue weighted by Crippen LogP contribution is -2.21. The molecule has 4 atom stereocenters. The number of carbonyl (C=O) groups is 1. The van der Waals surface area contributed by atoms with Gasteiger partial charge >= 0.3 is 5.97 Å². The van der Waals surface area contributed by atoms with Crippen molar-refractivity contribution in [2.24, 2.45) is 0 Å². The molecule has 4 heteroatoms. The molecule has 4 nitrogen and oxygen atoms in total. The van der Waals surface area contributed by atoms with E-state index in [-0.39, 0.29) is 30.7 Å². The molecule has 14 heavy (non-hydrogen) atoms. The molecule has 78 valence electrons. The van der Waals surface area contributed by atoms with E-state index in [0.29, 0.717) is 0 Å². The van der Waals surface area contributed by atoms with E-state index in [1.54, 1.807) is 6.08 Å². The third-order valence-electron chi connectivity index (χ3n) is 2.42. The van der Waals surface area contributed by atoms with Crippen LogP contribution in [0.2, 0.25) is 0 Å². The van der Waals surface area contributed by atoms with Crippen molar-refractivity contribution in [3.63, 3.8) is 0 Å². The van der Waals surface area contributed by atoms with Crippen molar-refractivity contribution in [1.82, 2.24) is 0 Å². The average molecular weight is 198 g/mol. The third-order valence-corrected chi connectivity index (χ3v) is 2.42. The van der Waals surface area contributed by atoms with Crippen LogP contribution in [0.1, 0.15) is 19.8 Å². The molecule has 1 fully saturated rings. The van der Waals surface area contributed by atoms with Gasteiger partial charge in [0.1, 0.15) is 12.2 Å². The Kier molecular flexibility index (Phi) is 2.56. The van der Waals surface area contributed by atoms with Gasteiger partial charge in [0.15, 0.2) is 0 Å². The lowest BCUT2D eigenvalue weighted by Gasteiger charge is -2.13. The van der Waals surface area contributed by atoms with Crippen molar-refractivity contribution in [2.45, 2.75) is 44.2 Å². The third kappa shape index (κ3) is 2.33. The van der Waals surface area contributed by atoms with Crippen LogP contribution in [0, 0.1) is 0 Å². The average Bonchev–Trinajstić information content (AvgIpc) is 2.78. The van der Waals surface area contributed by atoms with Gasteiger partial charge in [-0.05, 0) is 6.92 Å². The monoisotopic (exact) mass is 198 g/mol. The van der Waals surface area contributed by atoms with E-state index < -0.39 is 6.10 Å². The zero-order valence-corrected chi connectivity index (χ0v) is 8.05. The summed E-state index contributed by atoms with van der Waals surface area (Å²) in [5.74, 6) is -0.353. The fourth-order valence-electron chi connectivity index (χ4n) is 1.64. The first-order chi connectivity index (χ1) is 6.65. The summed E-state index contributed by atoms with van der Waals surface area (Å²) >= 11 is 0. The molecule has 0 amide bonds. The molecular weight excluding hydrogens is 184 g/mol. The summed E-state index contributed by atoms with van der Waals surface area (Å²) in [6.07, 6.45) is 3.55. The Morgan fingerprint density at radius 2 is 2.29 bits per heavy atom. The van der Waals surface area contributed by atoms with E-state index in [4.69, 9.17) is 9.47 Å². The van der Waals surface area contributed by atoms with Gasteiger partial charge in [-0.3, -0.25) is 4.79 Å². The molecule has 2 aliphatic rings. The minimum atomic E-state index is -0.752. The lowest BCUT2D eigenvalue weighted by molar-refractivity contribution is -0.150. The van der Waals surface area contributed by atoms with E-state index in [2.05, 4.69) is 0 Å². The van der Waals surface area contributed by atoms with E-state index in [0.717, 1.165) is 6.42 Å². The highest BCUT2D eigenvalue weighted by Gasteiger charge is 2.38. The van der Waals surface area contributed by atoms with Gasteiger partial charge < -0.3 is 14.6 Å². The highest BCUT2D eigenvalue weighted by molar-refractivity contribution is 5.70. The van der Waals surface area contributed by atoms with Gasteiger partial charge in [0.2, 0.25) is 0 Å². The van der Waals surface area contributed by atoms with E-state index in [9.17, 15) is 9.90 Å². The maximum atomic E-state index is 11.2. The van der Waals surface area contributed by atoms with Gasteiger partial charge in [0.05, 0.1) is 18.6 Å². The minimum absolute atomic E-state index is 0.0260. The molecule has 2 heterocycles. The highest BCUT2D eigenvalue weighted by Crippen LogP contribution is 2.29. The van der Waals surface area contributed by atoms with Gasteiger partial charge in [0.25, 0.3) is 0 Å². The Morgan fingerprint density at radius 1 is 1.50 bits per heavy atom. The molecule has 0 aliphatic carbocycles. The molecule has 0 bridgehead atoms. The van der Waals surface area contributed by atoms with Crippen LogP contribution in [-0.4, -0.2) is 35.5 Å². The number of cyclic esters (lactones) is 1. The van der Waals surface area contributed by atoms with E-state index in [1.165, 1.54) is 0 Å². The van der Waals surface area contributed by atoms with Crippen LogP contribution in [0.25, 0.3) is 0 Å². The van der Waals surface area contributed by atoms with Gasteiger partial charge in [-0.15, -0.1) is 0 Å². The molecule has 2 rings (SSSR count). The quantitative estimate of drug-likeness (QED) is 0.347. The molecule has 0 radical (unpaired) electrons. The number of aliphatic hydroxyl groups is 1. The van der Waals surface area contributed by atoms with Gasteiger partial charge in [-0.2, -0.15) is 0 Å². The molecule has 1 N–H and O–H groups in total. The number of ether oxygens (including phenoxy) is 2. The summed E-state index contributed by atoms with van der Waals surface area (Å²) < 4.78 is 10.4. The number of aliphatic hydroxyl groups excluding tert-OH is 1.